The van der Waals surface area contributed by atoms with E-state index in [2.05, 4.69) is 20.8 Å². The van der Waals surface area contributed by atoms with Crippen LogP contribution < -0.4 is 0 Å². The number of rotatable bonds is 6. The number of benzene rings is 1. The normalized spacial score (nSPS) is 43.0. The quantitative estimate of drug-likeness (QED) is 0.272. The van der Waals surface area contributed by atoms with Crippen LogP contribution in [-0.2, 0) is 23.8 Å². The molecule has 1 aromatic rings. The molecular formula is C33H46O7S. The van der Waals surface area contributed by atoms with Gasteiger partial charge in [-0.3, -0.25) is 4.18 Å². The summed E-state index contributed by atoms with van der Waals surface area (Å²) >= 11 is 0. The number of carbonyl (C=O) groups is 2. The Labute approximate surface area is 245 Å². The number of esters is 2. The van der Waals surface area contributed by atoms with Crippen molar-refractivity contribution in [2.24, 2.45) is 53.3 Å². The highest BCUT2D eigenvalue weighted by molar-refractivity contribution is 7.86. The molecule has 0 aromatic heterocycles. The van der Waals surface area contributed by atoms with Gasteiger partial charge in [-0.2, -0.15) is 8.42 Å². The Morgan fingerprint density at radius 3 is 1.93 bits per heavy atom. The van der Waals surface area contributed by atoms with Gasteiger partial charge >= 0.3 is 11.9 Å². The van der Waals surface area contributed by atoms with Crippen molar-refractivity contribution in [2.75, 3.05) is 7.11 Å². The second kappa shape index (κ2) is 10.1. The minimum atomic E-state index is -4.18. The standard InChI is InChI=1S/C33H46O7S/c1-18-7-19(2)9-26-17-25(8-18)33(26,5)40-31(35)24-13-23(14-27(15-24)41(36,37)38-6)30(34)39-32(4)20(3)10-21-11-22-16-29(32)28(22)12-21/h13-15,18-22,25-26,28-29H,7-12,16-17H2,1-6H3. The third-order valence-electron chi connectivity index (χ3n) is 12.2. The van der Waals surface area contributed by atoms with E-state index >= 15 is 0 Å². The predicted octanol–water partition coefficient (Wildman–Crippen LogP) is 6.65. The fraction of sp³-hybridized carbons (Fsp3) is 0.758. The Morgan fingerprint density at radius 1 is 0.756 bits per heavy atom. The lowest BCUT2D eigenvalue weighted by atomic mass is 9.55. The zero-order valence-electron chi connectivity index (χ0n) is 25.4. The predicted molar refractivity (Wildman–Crippen MR) is 154 cm³/mol. The van der Waals surface area contributed by atoms with Crippen molar-refractivity contribution in [3.63, 3.8) is 0 Å². The summed E-state index contributed by atoms with van der Waals surface area (Å²) in [5.41, 5.74) is -1.18. The maximum atomic E-state index is 13.7. The summed E-state index contributed by atoms with van der Waals surface area (Å²) in [5, 5.41) is 0. The first-order valence-corrected chi connectivity index (χ1v) is 17.1. The van der Waals surface area contributed by atoms with E-state index in [0.29, 0.717) is 29.6 Å². The largest absolute Gasteiger partial charge is 0.455 e. The molecule has 6 rings (SSSR count). The van der Waals surface area contributed by atoms with Crippen LogP contribution in [0.4, 0.5) is 0 Å². The summed E-state index contributed by atoms with van der Waals surface area (Å²) in [6.45, 7) is 10.8. The molecule has 0 amide bonds. The van der Waals surface area contributed by atoms with Gasteiger partial charge in [0, 0.05) is 5.92 Å². The molecule has 0 radical (unpaired) electrons. The van der Waals surface area contributed by atoms with E-state index in [4.69, 9.17) is 13.7 Å². The van der Waals surface area contributed by atoms with Crippen molar-refractivity contribution in [1.82, 2.24) is 0 Å². The zero-order chi connectivity index (χ0) is 29.5. The van der Waals surface area contributed by atoms with Gasteiger partial charge in [0.1, 0.15) is 11.2 Å². The van der Waals surface area contributed by atoms with Crippen molar-refractivity contribution < 1.29 is 31.7 Å². The average Bonchev–Trinajstić information content (AvgIpc) is 3.16. The Morgan fingerprint density at radius 2 is 1.34 bits per heavy atom. The molecule has 5 aliphatic rings. The van der Waals surface area contributed by atoms with E-state index < -0.39 is 33.3 Å². The van der Waals surface area contributed by atoms with Crippen LogP contribution in [0, 0.1) is 53.3 Å². The molecule has 4 bridgehead atoms. The van der Waals surface area contributed by atoms with Gasteiger partial charge in [0.2, 0.25) is 0 Å². The van der Waals surface area contributed by atoms with E-state index in [1.165, 1.54) is 37.5 Å². The molecule has 0 aliphatic heterocycles. The number of fused-ring (bicyclic) bond motifs is 3. The number of ether oxygens (including phenoxy) is 2. The van der Waals surface area contributed by atoms with Crippen LogP contribution in [-0.4, -0.2) is 38.7 Å². The lowest BCUT2D eigenvalue weighted by Gasteiger charge is -2.56. The second-order valence-electron chi connectivity index (χ2n) is 14.8. The van der Waals surface area contributed by atoms with Gasteiger partial charge in [0.15, 0.2) is 0 Å². The minimum absolute atomic E-state index is 0.0284. The molecule has 5 aliphatic carbocycles. The van der Waals surface area contributed by atoms with E-state index in [0.717, 1.165) is 45.1 Å². The molecule has 0 saturated heterocycles. The van der Waals surface area contributed by atoms with E-state index in [1.807, 2.05) is 13.8 Å². The molecule has 226 valence electrons. The highest BCUT2D eigenvalue weighted by Crippen LogP contribution is 2.63. The summed E-state index contributed by atoms with van der Waals surface area (Å²) < 4.78 is 42.9. The Bertz CT molecular complexity index is 1320. The SMILES string of the molecule is COS(=O)(=O)c1cc(C(=O)OC2(C)C3CC(C)CC(C)CC2C3)cc(C(=O)OC2(C)C(C)CC3CC4CC2C4C3)c1. The summed E-state index contributed by atoms with van der Waals surface area (Å²) in [6, 6.07) is 3.95. The first-order valence-electron chi connectivity index (χ1n) is 15.7. The molecule has 10 atom stereocenters. The lowest BCUT2D eigenvalue weighted by molar-refractivity contribution is -0.163. The number of hydrogen-bond donors (Lipinski definition) is 0. The fourth-order valence-corrected chi connectivity index (χ4v) is 10.5. The molecule has 10 unspecified atom stereocenters. The van der Waals surface area contributed by atoms with Crippen molar-refractivity contribution >= 4 is 22.1 Å². The summed E-state index contributed by atoms with van der Waals surface area (Å²) in [4.78, 5) is 27.2. The fourth-order valence-electron chi connectivity index (χ4n) is 9.73. The van der Waals surface area contributed by atoms with Gasteiger partial charge in [-0.25, -0.2) is 9.59 Å². The van der Waals surface area contributed by atoms with Gasteiger partial charge in [-0.05, 0) is 131 Å². The molecule has 7 nitrogen and oxygen atoms in total. The van der Waals surface area contributed by atoms with Crippen LogP contribution in [0.5, 0.6) is 0 Å². The van der Waals surface area contributed by atoms with Crippen LogP contribution in [0.1, 0.15) is 107 Å². The Hall–Kier alpha value is -1.93. The first-order chi connectivity index (χ1) is 19.2. The van der Waals surface area contributed by atoms with Gasteiger partial charge in [0.25, 0.3) is 10.1 Å². The smallest absolute Gasteiger partial charge is 0.338 e. The van der Waals surface area contributed by atoms with E-state index in [1.54, 1.807) is 0 Å². The van der Waals surface area contributed by atoms with Crippen molar-refractivity contribution in [3.05, 3.63) is 29.3 Å². The van der Waals surface area contributed by atoms with Gasteiger partial charge in [-0.15, -0.1) is 0 Å². The monoisotopic (exact) mass is 586 g/mol. The van der Waals surface area contributed by atoms with Gasteiger partial charge in [0.05, 0.1) is 23.1 Å². The van der Waals surface area contributed by atoms with Crippen molar-refractivity contribution in [3.8, 4) is 0 Å². The molecule has 5 fully saturated rings. The third-order valence-corrected chi connectivity index (χ3v) is 13.5. The number of carbonyl (C=O) groups excluding carboxylic acids is 2. The van der Waals surface area contributed by atoms with E-state index in [-0.39, 0.29) is 33.8 Å². The van der Waals surface area contributed by atoms with Crippen LogP contribution in [0.3, 0.4) is 0 Å². The summed E-state index contributed by atoms with van der Waals surface area (Å²) in [7, 11) is -3.11. The molecule has 0 spiro atoms. The molecule has 5 saturated carbocycles. The zero-order valence-corrected chi connectivity index (χ0v) is 26.2. The Kier molecular flexibility index (Phi) is 7.16. The van der Waals surface area contributed by atoms with Gasteiger partial charge in [-0.1, -0.05) is 20.8 Å². The third kappa shape index (κ3) is 4.85. The summed E-state index contributed by atoms with van der Waals surface area (Å²) in [5.74, 6) is 2.95. The second-order valence-corrected chi connectivity index (χ2v) is 16.5. The van der Waals surface area contributed by atoms with E-state index in [9.17, 15) is 18.0 Å². The molecular weight excluding hydrogens is 540 g/mol. The van der Waals surface area contributed by atoms with Crippen LogP contribution in [0.15, 0.2) is 23.1 Å². The highest BCUT2D eigenvalue weighted by Gasteiger charge is 2.61. The molecule has 41 heavy (non-hydrogen) atoms. The molecule has 1 aromatic carbocycles. The van der Waals surface area contributed by atoms with Gasteiger partial charge < -0.3 is 9.47 Å². The minimum Gasteiger partial charge on any atom is -0.455 e. The Balaban J connectivity index is 1.28. The van der Waals surface area contributed by atoms with Crippen LogP contribution >= 0.6 is 0 Å². The first kappa shape index (κ1) is 29.2. The average molecular weight is 587 g/mol. The maximum Gasteiger partial charge on any atom is 0.338 e. The number of hydrogen-bond acceptors (Lipinski definition) is 7. The highest BCUT2D eigenvalue weighted by atomic mass is 32.2. The van der Waals surface area contributed by atoms with Crippen LogP contribution in [0.25, 0.3) is 0 Å². The lowest BCUT2D eigenvalue weighted by Crippen LogP contribution is -2.58. The molecule has 8 heteroatoms. The molecule has 0 heterocycles. The maximum absolute atomic E-state index is 13.7. The summed E-state index contributed by atoms with van der Waals surface area (Å²) in [6.07, 6.45) is 8.82. The topological polar surface area (TPSA) is 96.0 Å². The van der Waals surface area contributed by atoms with Crippen molar-refractivity contribution in [1.29, 1.82) is 0 Å². The van der Waals surface area contributed by atoms with Crippen molar-refractivity contribution in [2.45, 2.75) is 102 Å². The van der Waals surface area contributed by atoms with Crippen LogP contribution in [0.2, 0.25) is 0 Å². The molecule has 0 N–H and O–H groups in total.